The van der Waals surface area contributed by atoms with E-state index in [0.29, 0.717) is 6.54 Å². The van der Waals surface area contributed by atoms with E-state index in [4.69, 9.17) is 9.47 Å². The van der Waals surface area contributed by atoms with Crippen molar-refractivity contribution in [2.45, 2.75) is 45.8 Å². The highest BCUT2D eigenvalue weighted by Crippen LogP contribution is 2.20. The molecule has 0 bridgehead atoms. The molecule has 1 aromatic rings. The maximum absolute atomic E-state index is 12.2. The molecular formula is C19H26ClNO5. The molecule has 0 saturated carbocycles. The van der Waals surface area contributed by atoms with E-state index in [1.54, 1.807) is 20.8 Å². The fourth-order valence-corrected chi connectivity index (χ4v) is 2.59. The molecule has 7 heteroatoms. The number of rotatable bonds is 3. The van der Waals surface area contributed by atoms with Crippen molar-refractivity contribution in [2.75, 3.05) is 13.1 Å². The molecule has 1 aliphatic rings. The number of ether oxygens (including phenoxy) is 2. The predicted octanol–water partition coefficient (Wildman–Crippen LogP) is 3.37. The van der Waals surface area contributed by atoms with E-state index in [0.717, 1.165) is 5.56 Å². The molecule has 1 aromatic carbocycles. The van der Waals surface area contributed by atoms with E-state index in [9.17, 15) is 14.4 Å². The molecule has 0 spiro atoms. The third-order valence-corrected chi connectivity index (χ3v) is 3.86. The standard InChI is InChI=1S/C19H25NO5.ClH/c1-19(2,3)25-17(22)15-9-11-20(12-10-16(15)21)18(23)24-13-14-7-5-4-6-8-14;/h4-8,15H,9-13H2,1-3H3;1H. The largest absolute Gasteiger partial charge is 0.459 e. The lowest BCUT2D eigenvalue weighted by Crippen LogP contribution is -2.34. The molecule has 144 valence electrons. The summed E-state index contributed by atoms with van der Waals surface area (Å²) >= 11 is 0. The van der Waals surface area contributed by atoms with Gasteiger partial charge in [-0.2, -0.15) is 0 Å². The minimum absolute atomic E-state index is 0. The molecule has 1 amide bonds. The van der Waals surface area contributed by atoms with E-state index in [1.807, 2.05) is 30.3 Å². The molecule has 2 rings (SSSR count). The molecule has 0 radical (unpaired) electrons. The monoisotopic (exact) mass is 383 g/mol. The van der Waals surface area contributed by atoms with Crippen LogP contribution in [0.25, 0.3) is 0 Å². The second kappa shape index (κ2) is 9.57. The van der Waals surface area contributed by atoms with Crippen LogP contribution >= 0.6 is 12.4 Å². The summed E-state index contributed by atoms with van der Waals surface area (Å²) in [6.45, 7) is 6.02. The van der Waals surface area contributed by atoms with Crippen LogP contribution in [-0.2, 0) is 25.7 Å². The van der Waals surface area contributed by atoms with E-state index < -0.39 is 23.6 Å². The fourth-order valence-electron chi connectivity index (χ4n) is 2.59. The molecule has 1 unspecified atom stereocenters. The van der Waals surface area contributed by atoms with Crippen molar-refractivity contribution in [2.24, 2.45) is 5.92 Å². The Kier molecular flexibility index (Phi) is 8.08. The van der Waals surface area contributed by atoms with Crippen LogP contribution in [0.15, 0.2) is 30.3 Å². The minimum atomic E-state index is -0.814. The zero-order valence-corrected chi connectivity index (χ0v) is 16.2. The Morgan fingerprint density at radius 3 is 2.42 bits per heavy atom. The number of carbonyl (C=O) groups is 3. The van der Waals surface area contributed by atoms with Crippen molar-refractivity contribution >= 4 is 30.3 Å². The Morgan fingerprint density at radius 1 is 1.15 bits per heavy atom. The number of Topliss-reactive ketones (excluding diaryl/α,β-unsaturated/α-hetero) is 1. The summed E-state index contributed by atoms with van der Waals surface area (Å²) in [5.41, 5.74) is 0.256. The van der Waals surface area contributed by atoms with Gasteiger partial charge in [0.05, 0.1) is 0 Å². The summed E-state index contributed by atoms with van der Waals surface area (Å²) in [5.74, 6) is -1.52. The third-order valence-electron chi connectivity index (χ3n) is 3.86. The van der Waals surface area contributed by atoms with Gasteiger partial charge in [-0.25, -0.2) is 4.79 Å². The van der Waals surface area contributed by atoms with Crippen molar-refractivity contribution < 1.29 is 23.9 Å². The second-order valence-corrected chi connectivity index (χ2v) is 7.12. The molecule has 1 saturated heterocycles. The number of benzene rings is 1. The Labute approximate surface area is 160 Å². The molecule has 0 aliphatic carbocycles. The molecule has 6 nitrogen and oxygen atoms in total. The van der Waals surface area contributed by atoms with E-state index in [2.05, 4.69) is 0 Å². The number of carbonyl (C=O) groups excluding carboxylic acids is 3. The Morgan fingerprint density at radius 2 is 1.81 bits per heavy atom. The highest BCUT2D eigenvalue weighted by atomic mass is 35.5. The van der Waals surface area contributed by atoms with Crippen molar-refractivity contribution in [3.05, 3.63) is 35.9 Å². The number of amides is 1. The summed E-state index contributed by atoms with van der Waals surface area (Å²) in [4.78, 5) is 38.1. The molecule has 0 aromatic heterocycles. The van der Waals surface area contributed by atoms with Crippen LogP contribution in [0.3, 0.4) is 0 Å². The summed E-state index contributed by atoms with van der Waals surface area (Å²) in [6, 6.07) is 9.39. The van der Waals surface area contributed by atoms with Crippen LogP contribution in [0.2, 0.25) is 0 Å². The molecule has 1 atom stereocenters. The second-order valence-electron chi connectivity index (χ2n) is 7.12. The maximum atomic E-state index is 12.2. The van der Waals surface area contributed by atoms with Crippen LogP contribution in [0, 0.1) is 5.92 Å². The number of likely N-dealkylation sites (tertiary alicyclic amines) is 1. The average molecular weight is 384 g/mol. The fraction of sp³-hybridized carbons (Fsp3) is 0.526. The molecule has 0 N–H and O–H groups in total. The molecule has 1 heterocycles. The Balaban J connectivity index is 0.00000338. The van der Waals surface area contributed by atoms with Crippen LogP contribution in [-0.4, -0.2) is 41.4 Å². The van der Waals surface area contributed by atoms with Crippen LogP contribution in [0.1, 0.15) is 39.2 Å². The predicted molar refractivity (Wildman–Crippen MR) is 99.0 cm³/mol. The zero-order chi connectivity index (χ0) is 18.4. The van der Waals surface area contributed by atoms with E-state index in [1.165, 1.54) is 4.90 Å². The normalized spacial score (nSPS) is 17.7. The Bertz CT molecular complexity index is 627. The van der Waals surface area contributed by atoms with Gasteiger partial charge in [0.15, 0.2) is 0 Å². The average Bonchev–Trinajstić information content (AvgIpc) is 2.74. The number of hydrogen-bond acceptors (Lipinski definition) is 5. The van der Waals surface area contributed by atoms with Gasteiger partial charge in [-0.05, 0) is 32.8 Å². The van der Waals surface area contributed by atoms with Gasteiger partial charge < -0.3 is 14.4 Å². The first-order valence-corrected chi connectivity index (χ1v) is 8.47. The van der Waals surface area contributed by atoms with Crippen molar-refractivity contribution in [3.8, 4) is 0 Å². The highest BCUT2D eigenvalue weighted by molar-refractivity contribution is 5.99. The lowest BCUT2D eigenvalue weighted by Gasteiger charge is -2.23. The van der Waals surface area contributed by atoms with Gasteiger partial charge in [0.2, 0.25) is 0 Å². The summed E-state index contributed by atoms with van der Waals surface area (Å²) in [6.07, 6.45) is -0.0834. The van der Waals surface area contributed by atoms with Crippen molar-refractivity contribution in [1.82, 2.24) is 4.90 Å². The lowest BCUT2D eigenvalue weighted by molar-refractivity contribution is -0.162. The first-order chi connectivity index (χ1) is 11.8. The SMILES string of the molecule is CC(C)(C)OC(=O)C1CCN(C(=O)OCc2ccccc2)CCC1=O.Cl. The third kappa shape index (κ3) is 6.67. The van der Waals surface area contributed by atoms with Crippen molar-refractivity contribution in [1.29, 1.82) is 0 Å². The van der Waals surface area contributed by atoms with E-state index >= 15 is 0 Å². The van der Waals surface area contributed by atoms with E-state index in [-0.39, 0.29) is 44.2 Å². The molecule has 26 heavy (non-hydrogen) atoms. The van der Waals surface area contributed by atoms with Gasteiger partial charge in [-0.15, -0.1) is 12.4 Å². The minimum Gasteiger partial charge on any atom is -0.459 e. The number of hydrogen-bond donors (Lipinski definition) is 0. The van der Waals surface area contributed by atoms with Gasteiger partial charge in [0.25, 0.3) is 0 Å². The number of halogens is 1. The van der Waals surface area contributed by atoms with Gasteiger partial charge in [-0.1, -0.05) is 30.3 Å². The number of esters is 1. The highest BCUT2D eigenvalue weighted by Gasteiger charge is 2.34. The van der Waals surface area contributed by atoms with Gasteiger partial charge >= 0.3 is 12.1 Å². The van der Waals surface area contributed by atoms with Crippen molar-refractivity contribution in [3.63, 3.8) is 0 Å². The maximum Gasteiger partial charge on any atom is 0.410 e. The van der Waals surface area contributed by atoms with Gasteiger partial charge in [-0.3, -0.25) is 9.59 Å². The quantitative estimate of drug-likeness (QED) is 0.591. The van der Waals surface area contributed by atoms with Crippen LogP contribution in [0.5, 0.6) is 0 Å². The summed E-state index contributed by atoms with van der Waals surface area (Å²) < 4.78 is 10.6. The first kappa shape index (κ1) is 22.0. The molecular weight excluding hydrogens is 358 g/mol. The topological polar surface area (TPSA) is 72.9 Å². The smallest absolute Gasteiger partial charge is 0.410 e. The summed E-state index contributed by atoms with van der Waals surface area (Å²) in [5, 5.41) is 0. The number of nitrogens with zero attached hydrogens (tertiary/aromatic N) is 1. The molecule has 1 aliphatic heterocycles. The number of ketones is 1. The van der Waals surface area contributed by atoms with Gasteiger partial charge in [0, 0.05) is 19.5 Å². The molecule has 1 fully saturated rings. The van der Waals surface area contributed by atoms with Crippen LogP contribution in [0.4, 0.5) is 4.79 Å². The lowest BCUT2D eigenvalue weighted by atomic mass is 9.99. The van der Waals surface area contributed by atoms with Crippen LogP contribution < -0.4 is 0 Å². The Hall–Kier alpha value is -2.08. The van der Waals surface area contributed by atoms with Gasteiger partial charge in [0.1, 0.15) is 23.9 Å². The zero-order valence-electron chi connectivity index (χ0n) is 15.4. The first-order valence-electron chi connectivity index (χ1n) is 8.47. The summed E-state index contributed by atoms with van der Waals surface area (Å²) in [7, 11) is 0.